The minimum Gasteiger partial charge on any atom is -0.480 e. The van der Waals surface area contributed by atoms with Gasteiger partial charge in [-0.25, -0.2) is 4.39 Å². The number of hydrogen-bond donors (Lipinski definition) is 2. The third kappa shape index (κ3) is 1.20. The van der Waals surface area contributed by atoms with Crippen molar-refractivity contribution in [3.8, 4) is 0 Å². The monoisotopic (exact) mass is 199 g/mol. The van der Waals surface area contributed by atoms with Crippen LogP contribution in [0.2, 0.25) is 0 Å². The van der Waals surface area contributed by atoms with E-state index in [1.807, 2.05) is 0 Å². The second-order valence-corrected chi connectivity index (χ2v) is 3.70. The number of carboxylic acids is 1. The van der Waals surface area contributed by atoms with Crippen molar-refractivity contribution in [2.75, 3.05) is 0 Å². The Kier molecular flexibility index (Phi) is 1.83. The van der Waals surface area contributed by atoms with Crippen LogP contribution >= 0.6 is 0 Å². The lowest BCUT2D eigenvalue weighted by Crippen LogP contribution is -2.40. The van der Waals surface area contributed by atoms with Crippen LogP contribution < -0.4 is 5.32 Å². The maximum atomic E-state index is 12.7. The molecule has 2 rings (SSSR count). The van der Waals surface area contributed by atoms with E-state index in [-0.39, 0.29) is 5.70 Å². The van der Waals surface area contributed by atoms with Crippen LogP contribution in [0.25, 0.3) is 0 Å². The molecule has 14 heavy (non-hydrogen) atoms. The first-order chi connectivity index (χ1) is 6.56. The number of nitrogens with one attached hydrogen (secondary N) is 1. The molecule has 0 saturated heterocycles. The van der Waals surface area contributed by atoms with E-state index in [0.29, 0.717) is 19.3 Å². The highest BCUT2D eigenvalue weighted by molar-refractivity contribution is 6.05. The molecule has 0 aromatic carbocycles. The Labute approximate surface area is 79.8 Å². The second-order valence-electron chi connectivity index (χ2n) is 3.70. The van der Waals surface area contributed by atoms with Crippen molar-refractivity contribution in [3.05, 3.63) is 11.8 Å². The zero-order chi connectivity index (χ0) is 10.3. The molecular weight excluding hydrogens is 189 g/mol. The van der Waals surface area contributed by atoms with Gasteiger partial charge in [-0.1, -0.05) is 6.08 Å². The van der Waals surface area contributed by atoms with E-state index in [4.69, 9.17) is 5.11 Å². The first-order valence-electron chi connectivity index (χ1n) is 4.45. The van der Waals surface area contributed by atoms with Crippen molar-refractivity contribution in [2.45, 2.75) is 25.4 Å². The Bertz CT molecular complexity index is 333. The molecule has 5 heteroatoms. The van der Waals surface area contributed by atoms with E-state index >= 15 is 0 Å². The second kappa shape index (κ2) is 2.80. The van der Waals surface area contributed by atoms with Crippen molar-refractivity contribution in [2.24, 2.45) is 5.41 Å². The minimum atomic E-state index is -1.28. The highest BCUT2D eigenvalue weighted by Gasteiger charge is 2.57. The molecule has 0 radical (unpaired) electrons. The highest BCUT2D eigenvalue weighted by Crippen LogP contribution is 2.46. The molecule has 2 N–H and O–H groups in total. The molecule has 2 aliphatic carbocycles. The number of carbonyl (C=O) groups is 2. The molecule has 76 valence electrons. The molecule has 0 heterocycles. The van der Waals surface area contributed by atoms with Crippen molar-refractivity contribution < 1.29 is 19.1 Å². The summed E-state index contributed by atoms with van der Waals surface area (Å²) in [6, 6.07) is 0. The van der Waals surface area contributed by atoms with E-state index in [9.17, 15) is 14.0 Å². The van der Waals surface area contributed by atoms with Crippen molar-refractivity contribution in [3.63, 3.8) is 0 Å². The molecule has 1 fully saturated rings. The van der Waals surface area contributed by atoms with Gasteiger partial charge in [-0.15, -0.1) is 0 Å². The summed E-state index contributed by atoms with van der Waals surface area (Å²) in [6.45, 7) is 0. The molecular formula is C9H10FNO3. The van der Waals surface area contributed by atoms with E-state index < -0.39 is 23.5 Å². The summed E-state index contributed by atoms with van der Waals surface area (Å²) < 4.78 is 12.7. The van der Waals surface area contributed by atoms with Gasteiger partial charge in [0.05, 0.1) is 0 Å². The van der Waals surface area contributed by atoms with E-state index in [1.165, 1.54) is 0 Å². The fraction of sp³-hybridized carbons (Fsp3) is 0.556. The van der Waals surface area contributed by atoms with Gasteiger partial charge in [0, 0.05) is 12.1 Å². The van der Waals surface area contributed by atoms with Crippen LogP contribution in [0, 0.1) is 5.41 Å². The van der Waals surface area contributed by atoms with Crippen LogP contribution in [0.5, 0.6) is 0 Å². The van der Waals surface area contributed by atoms with Crippen LogP contribution in [-0.4, -0.2) is 23.2 Å². The van der Waals surface area contributed by atoms with Gasteiger partial charge in [0.25, 0.3) is 0 Å². The van der Waals surface area contributed by atoms with Gasteiger partial charge >= 0.3 is 5.97 Å². The Morgan fingerprint density at radius 3 is 2.50 bits per heavy atom. The smallest absolute Gasteiger partial charge is 0.319 e. The van der Waals surface area contributed by atoms with E-state index in [2.05, 4.69) is 5.32 Å². The molecule has 0 aromatic rings. The summed E-state index contributed by atoms with van der Waals surface area (Å²) in [6.07, 6.45) is 1.41. The normalized spacial score (nSPS) is 27.2. The minimum absolute atomic E-state index is 0.211. The van der Waals surface area contributed by atoms with Gasteiger partial charge in [-0.2, -0.15) is 0 Å². The van der Waals surface area contributed by atoms with Gasteiger partial charge in [0.1, 0.15) is 11.6 Å². The average Bonchev–Trinajstić information content (AvgIpc) is 2.91. The largest absolute Gasteiger partial charge is 0.480 e. The predicted octanol–water partition coefficient (Wildman–Crippen LogP) is 0.593. The number of aliphatic carboxylic acids is 1. The van der Waals surface area contributed by atoms with Gasteiger partial charge in [-0.3, -0.25) is 9.59 Å². The van der Waals surface area contributed by atoms with Crippen LogP contribution in [-0.2, 0) is 9.59 Å². The fourth-order valence-electron chi connectivity index (χ4n) is 1.37. The topological polar surface area (TPSA) is 66.4 Å². The Morgan fingerprint density at radius 2 is 2.21 bits per heavy atom. The van der Waals surface area contributed by atoms with Crippen molar-refractivity contribution in [1.82, 2.24) is 5.32 Å². The zero-order valence-electron chi connectivity index (χ0n) is 7.42. The third-order valence-corrected chi connectivity index (χ3v) is 2.73. The molecule has 1 amide bonds. The first kappa shape index (κ1) is 9.18. The highest BCUT2D eigenvalue weighted by atomic mass is 19.1. The summed E-state index contributed by atoms with van der Waals surface area (Å²) >= 11 is 0. The van der Waals surface area contributed by atoms with Gasteiger partial charge in [0.15, 0.2) is 0 Å². The lowest BCUT2D eigenvalue weighted by atomic mass is 10.0. The maximum Gasteiger partial charge on any atom is 0.319 e. The standard InChI is InChI=1S/C9H10FNO3/c10-5-1-2-6(5)11-7(12)9(3-4-9)8(13)14/h2,5H,1,3-4H2,(H,11,12)(H,13,14)/t5-/m1/s1. The molecule has 0 spiro atoms. The van der Waals surface area contributed by atoms with Gasteiger partial charge in [-0.05, 0) is 12.8 Å². The fourth-order valence-corrected chi connectivity index (χ4v) is 1.37. The Balaban J connectivity index is 2.00. The maximum absolute atomic E-state index is 12.7. The van der Waals surface area contributed by atoms with E-state index in [0.717, 1.165) is 0 Å². The number of carboxylic acid groups (broad SMARTS) is 1. The van der Waals surface area contributed by atoms with Crippen molar-refractivity contribution in [1.29, 1.82) is 0 Å². The predicted molar refractivity (Wildman–Crippen MR) is 45.0 cm³/mol. The quantitative estimate of drug-likeness (QED) is 0.654. The summed E-state index contributed by atoms with van der Waals surface area (Å²) in [4.78, 5) is 22.1. The number of amides is 1. The first-order valence-corrected chi connectivity index (χ1v) is 4.45. The summed E-state index contributed by atoms with van der Waals surface area (Å²) in [7, 11) is 0. The summed E-state index contributed by atoms with van der Waals surface area (Å²) in [5, 5.41) is 11.1. The zero-order valence-corrected chi connectivity index (χ0v) is 7.42. The average molecular weight is 199 g/mol. The molecule has 0 aliphatic heterocycles. The lowest BCUT2D eigenvalue weighted by molar-refractivity contribution is -0.148. The van der Waals surface area contributed by atoms with E-state index in [1.54, 1.807) is 6.08 Å². The number of halogens is 1. The summed E-state index contributed by atoms with van der Waals surface area (Å²) in [5.41, 5.74) is -1.07. The molecule has 0 unspecified atom stereocenters. The number of hydrogen-bond acceptors (Lipinski definition) is 2. The lowest BCUT2D eigenvalue weighted by Gasteiger charge is -2.22. The number of allylic oxidation sites excluding steroid dienone is 2. The third-order valence-electron chi connectivity index (χ3n) is 2.73. The summed E-state index contributed by atoms with van der Waals surface area (Å²) in [5.74, 6) is -1.70. The van der Waals surface area contributed by atoms with Crippen LogP contribution in [0.1, 0.15) is 19.3 Å². The molecule has 1 saturated carbocycles. The van der Waals surface area contributed by atoms with Crippen LogP contribution in [0.3, 0.4) is 0 Å². The Hall–Kier alpha value is -1.39. The van der Waals surface area contributed by atoms with Crippen LogP contribution in [0.15, 0.2) is 11.8 Å². The Morgan fingerprint density at radius 1 is 1.57 bits per heavy atom. The van der Waals surface area contributed by atoms with Gasteiger partial charge < -0.3 is 10.4 Å². The molecule has 4 nitrogen and oxygen atoms in total. The van der Waals surface area contributed by atoms with Gasteiger partial charge in [0.2, 0.25) is 5.91 Å². The number of rotatable bonds is 3. The molecule has 0 aromatic heterocycles. The SMILES string of the molecule is O=C(O)C1(C(=O)NC2=CC[C@H]2F)CC1. The van der Waals surface area contributed by atoms with Crippen LogP contribution in [0.4, 0.5) is 4.39 Å². The molecule has 1 atom stereocenters. The molecule has 0 bridgehead atoms. The molecule has 2 aliphatic rings. The van der Waals surface area contributed by atoms with Crippen molar-refractivity contribution >= 4 is 11.9 Å². The number of carbonyl (C=O) groups excluding carboxylic acids is 1. The number of alkyl halides is 1.